The first-order valence-corrected chi connectivity index (χ1v) is 5.79. The van der Waals surface area contributed by atoms with E-state index in [1.807, 2.05) is 0 Å². The Hall–Kier alpha value is -1.04. The standard InChI is InChI=1S/C15H22/c1-12-6-5-7-13(2)10-15(4)11-14(3)9-8-12/h5-6,8-13H,7H2,1-4H3. The molecule has 0 N–H and O–H groups in total. The van der Waals surface area contributed by atoms with Crippen molar-refractivity contribution < 1.29 is 0 Å². The molecule has 1 aliphatic carbocycles. The molecule has 0 spiro atoms. The Kier molecular flexibility index (Phi) is 4.61. The van der Waals surface area contributed by atoms with Crippen LogP contribution in [0.2, 0.25) is 0 Å². The van der Waals surface area contributed by atoms with Gasteiger partial charge in [-0.25, -0.2) is 0 Å². The topological polar surface area (TPSA) is 0 Å². The van der Waals surface area contributed by atoms with Crippen molar-refractivity contribution in [3.05, 3.63) is 47.6 Å². The molecular formula is C15H22. The molecule has 1 rings (SSSR count). The van der Waals surface area contributed by atoms with E-state index in [1.54, 1.807) is 0 Å². The van der Waals surface area contributed by atoms with Crippen LogP contribution in [0.25, 0.3) is 0 Å². The highest BCUT2D eigenvalue weighted by Gasteiger charge is 1.98. The lowest BCUT2D eigenvalue weighted by molar-refractivity contribution is 0.734. The largest absolute Gasteiger partial charge is 0.0874 e. The molecule has 0 radical (unpaired) electrons. The maximum absolute atomic E-state index is 2.34. The predicted octanol–water partition coefficient (Wildman–Crippen LogP) is 4.67. The zero-order valence-corrected chi connectivity index (χ0v) is 10.3. The van der Waals surface area contributed by atoms with Crippen molar-refractivity contribution in [1.29, 1.82) is 0 Å². The van der Waals surface area contributed by atoms with Crippen LogP contribution in [0.1, 0.15) is 34.1 Å². The second-order valence-electron chi connectivity index (χ2n) is 4.66. The van der Waals surface area contributed by atoms with E-state index in [-0.39, 0.29) is 0 Å². The molecule has 2 unspecified atom stereocenters. The fraction of sp³-hybridized carbons (Fsp3) is 0.467. The van der Waals surface area contributed by atoms with Crippen molar-refractivity contribution in [2.45, 2.75) is 34.1 Å². The molecule has 0 amide bonds. The Bertz CT molecular complexity index is 313. The molecule has 15 heavy (non-hydrogen) atoms. The molecule has 0 aromatic rings. The van der Waals surface area contributed by atoms with Crippen molar-refractivity contribution in [3.63, 3.8) is 0 Å². The van der Waals surface area contributed by atoms with Crippen LogP contribution < -0.4 is 0 Å². The van der Waals surface area contributed by atoms with Gasteiger partial charge in [0, 0.05) is 0 Å². The third-order valence-electron chi connectivity index (χ3n) is 2.61. The zero-order chi connectivity index (χ0) is 11.3. The molecule has 1 aliphatic rings. The van der Waals surface area contributed by atoms with Gasteiger partial charge in [0.2, 0.25) is 0 Å². The van der Waals surface area contributed by atoms with Gasteiger partial charge in [0.05, 0.1) is 0 Å². The van der Waals surface area contributed by atoms with E-state index in [1.165, 1.54) is 11.1 Å². The highest BCUT2D eigenvalue weighted by Crippen LogP contribution is 2.14. The zero-order valence-electron chi connectivity index (χ0n) is 10.3. The first-order chi connectivity index (χ1) is 7.08. The molecule has 0 saturated heterocycles. The van der Waals surface area contributed by atoms with Gasteiger partial charge in [0.1, 0.15) is 0 Å². The Morgan fingerprint density at radius 2 is 1.80 bits per heavy atom. The highest BCUT2D eigenvalue weighted by molar-refractivity contribution is 5.29. The van der Waals surface area contributed by atoms with E-state index in [9.17, 15) is 0 Å². The quantitative estimate of drug-likeness (QED) is 0.501. The van der Waals surface area contributed by atoms with Crippen LogP contribution in [0, 0.1) is 11.8 Å². The molecule has 0 aromatic carbocycles. The van der Waals surface area contributed by atoms with Crippen molar-refractivity contribution in [2.75, 3.05) is 0 Å². The molecule has 0 heteroatoms. The molecule has 0 saturated carbocycles. The summed E-state index contributed by atoms with van der Waals surface area (Å²) in [5.74, 6) is 1.18. The van der Waals surface area contributed by atoms with E-state index in [4.69, 9.17) is 0 Å². The Morgan fingerprint density at radius 1 is 1.07 bits per heavy atom. The Morgan fingerprint density at radius 3 is 2.53 bits per heavy atom. The Balaban J connectivity index is 2.92. The fourth-order valence-corrected chi connectivity index (χ4v) is 1.85. The number of hydrogen-bond donors (Lipinski definition) is 0. The predicted molar refractivity (Wildman–Crippen MR) is 68.7 cm³/mol. The van der Waals surface area contributed by atoms with Crippen LogP contribution in [0.15, 0.2) is 47.6 Å². The molecule has 0 bridgehead atoms. The van der Waals surface area contributed by atoms with Gasteiger partial charge in [-0.3, -0.25) is 0 Å². The summed E-state index contributed by atoms with van der Waals surface area (Å²) < 4.78 is 0. The number of hydrogen-bond acceptors (Lipinski definition) is 0. The second kappa shape index (κ2) is 5.75. The van der Waals surface area contributed by atoms with E-state index in [2.05, 4.69) is 64.2 Å². The van der Waals surface area contributed by atoms with Gasteiger partial charge >= 0.3 is 0 Å². The summed E-state index contributed by atoms with van der Waals surface area (Å²) in [6, 6.07) is 0. The average molecular weight is 202 g/mol. The maximum atomic E-state index is 2.34. The molecule has 0 fully saturated rings. The van der Waals surface area contributed by atoms with Gasteiger partial charge in [0.15, 0.2) is 0 Å². The van der Waals surface area contributed by atoms with Gasteiger partial charge in [-0.15, -0.1) is 0 Å². The van der Waals surface area contributed by atoms with E-state index in [0.29, 0.717) is 11.8 Å². The van der Waals surface area contributed by atoms with Gasteiger partial charge in [-0.1, -0.05) is 61.4 Å². The third-order valence-corrected chi connectivity index (χ3v) is 2.61. The summed E-state index contributed by atoms with van der Waals surface area (Å²) in [5, 5.41) is 0. The van der Waals surface area contributed by atoms with Crippen LogP contribution in [0.4, 0.5) is 0 Å². The molecule has 82 valence electrons. The summed E-state index contributed by atoms with van der Waals surface area (Å²) >= 11 is 0. The first kappa shape index (κ1) is 12.0. The van der Waals surface area contributed by atoms with Gasteiger partial charge in [-0.2, -0.15) is 0 Å². The monoisotopic (exact) mass is 202 g/mol. The minimum atomic E-state index is 0.541. The summed E-state index contributed by atoms with van der Waals surface area (Å²) in [7, 11) is 0. The van der Waals surface area contributed by atoms with Crippen LogP contribution in [-0.4, -0.2) is 0 Å². The second-order valence-corrected chi connectivity index (χ2v) is 4.66. The van der Waals surface area contributed by atoms with Crippen LogP contribution in [-0.2, 0) is 0 Å². The molecular weight excluding hydrogens is 180 g/mol. The van der Waals surface area contributed by atoms with Crippen LogP contribution >= 0.6 is 0 Å². The number of allylic oxidation sites excluding steroid dienone is 8. The molecule has 2 atom stereocenters. The lowest BCUT2D eigenvalue weighted by atomic mass is 10.0. The molecule has 0 aliphatic heterocycles. The van der Waals surface area contributed by atoms with Gasteiger partial charge in [-0.05, 0) is 32.1 Å². The first-order valence-electron chi connectivity index (χ1n) is 5.79. The fourth-order valence-electron chi connectivity index (χ4n) is 1.85. The van der Waals surface area contributed by atoms with Crippen LogP contribution in [0.5, 0.6) is 0 Å². The minimum Gasteiger partial charge on any atom is -0.0874 e. The van der Waals surface area contributed by atoms with E-state index in [0.717, 1.165) is 6.42 Å². The van der Waals surface area contributed by atoms with Crippen molar-refractivity contribution in [2.24, 2.45) is 11.8 Å². The minimum absolute atomic E-state index is 0.541. The maximum Gasteiger partial charge on any atom is -0.00787 e. The lowest BCUT2D eigenvalue weighted by Crippen LogP contribution is -1.88. The Labute approximate surface area is 94.1 Å². The summed E-state index contributed by atoms with van der Waals surface area (Å²) in [6.45, 7) is 8.84. The summed E-state index contributed by atoms with van der Waals surface area (Å²) in [4.78, 5) is 0. The lowest BCUT2D eigenvalue weighted by Gasteiger charge is -2.03. The third kappa shape index (κ3) is 4.83. The summed E-state index contributed by atoms with van der Waals surface area (Å²) in [6.07, 6.45) is 14.8. The van der Waals surface area contributed by atoms with E-state index < -0.39 is 0 Å². The van der Waals surface area contributed by atoms with Crippen LogP contribution in [0.3, 0.4) is 0 Å². The summed E-state index contributed by atoms with van der Waals surface area (Å²) in [5.41, 5.74) is 2.70. The van der Waals surface area contributed by atoms with Crippen molar-refractivity contribution in [1.82, 2.24) is 0 Å². The normalized spacial score (nSPS) is 28.0. The van der Waals surface area contributed by atoms with Crippen molar-refractivity contribution >= 4 is 0 Å². The molecule has 0 nitrogen and oxygen atoms in total. The average Bonchev–Trinajstić information content (AvgIpc) is 2.15. The highest BCUT2D eigenvalue weighted by atomic mass is 14.0. The van der Waals surface area contributed by atoms with E-state index >= 15 is 0 Å². The SMILES string of the molecule is CC1=CC(C)=CC(C)CC=CC(C)C=C1. The number of rotatable bonds is 0. The molecule has 0 aromatic heterocycles. The van der Waals surface area contributed by atoms with Gasteiger partial charge in [0.25, 0.3) is 0 Å². The smallest absolute Gasteiger partial charge is 0.00787 e. The molecule has 0 heterocycles. The van der Waals surface area contributed by atoms with Crippen molar-refractivity contribution in [3.8, 4) is 0 Å². The van der Waals surface area contributed by atoms with Gasteiger partial charge < -0.3 is 0 Å².